The van der Waals surface area contributed by atoms with Gasteiger partial charge < -0.3 is 4.90 Å². The summed E-state index contributed by atoms with van der Waals surface area (Å²) in [6, 6.07) is 1.87. The van der Waals surface area contributed by atoms with Crippen molar-refractivity contribution in [3.63, 3.8) is 0 Å². The zero-order valence-corrected chi connectivity index (χ0v) is 10.1. The number of hydrogen-bond acceptors (Lipinski definition) is 3. The Kier molecular flexibility index (Phi) is 4.31. The highest BCUT2D eigenvalue weighted by Crippen LogP contribution is 2.28. The number of alkyl halides is 1. The normalized spacial score (nSPS) is 18.9. The van der Waals surface area contributed by atoms with Crippen molar-refractivity contribution in [2.24, 2.45) is 5.41 Å². The lowest BCUT2D eigenvalue weighted by Crippen LogP contribution is -2.46. The number of amides is 1. The first-order chi connectivity index (χ1) is 7.58. The molecule has 0 bridgehead atoms. The van der Waals surface area contributed by atoms with Crippen LogP contribution in [0.5, 0.6) is 0 Å². The largest absolute Gasteiger partial charge is 0.341 e. The van der Waals surface area contributed by atoms with Crippen molar-refractivity contribution in [1.82, 2.24) is 4.90 Å². The minimum Gasteiger partial charge on any atom is -0.341 e. The van der Waals surface area contributed by atoms with Gasteiger partial charge in [-0.3, -0.25) is 9.59 Å². The van der Waals surface area contributed by atoms with Crippen LogP contribution >= 0.6 is 11.6 Å². The number of halogens is 1. The first-order valence-electron chi connectivity index (χ1n) is 5.36. The fraction of sp³-hybridized carbons (Fsp3) is 0.727. The molecule has 1 fully saturated rings. The summed E-state index contributed by atoms with van der Waals surface area (Å²) < 4.78 is 0. The van der Waals surface area contributed by atoms with E-state index in [1.165, 1.54) is 6.92 Å². The number of nitriles is 1. The number of Topliss-reactive ketones (excluding diaryl/α,β-unsaturated/α-hetero) is 1. The lowest BCUT2D eigenvalue weighted by molar-refractivity contribution is -0.144. The van der Waals surface area contributed by atoms with E-state index in [0.29, 0.717) is 13.1 Å². The van der Waals surface area contributed by atoms with Gasteiger partial charge in [0.15, 0.2) is 11.2 Å². The van der Waals surface area contributed by atoms with Crippen molar-refractivity contribution < 1.29 is 9.59 Å². The maximum atomic E-state index is 12.2. The van der Waals surface area contributed by atoms with E-state index in [1.54, 1.807) is 4.90 Å². The SMILES string of the molecule is CC(=O)C(C#N)(CCCl)C(=O)N1CCCC1. The molecule has 0 saturated carbocycles. The highest BCUT2D eigenvalue weighted by Gasteiger charge is 2.46. The Labute approximate surface area is 100 Å². The van der Waals surface area contributed by atoms with Crippen molar-refractivity contribution in [3.8, 4) is 6.07 Å². The Morgan fingerprint density at radius 2 is 2.00 bits per heavy atom. The number of hydrogen-bond donors (Lipinski definition) is 0. The summed E-state index contributed by atoms with van der Waals surface area (Å²) in [5.41, 5.74) is -1.56. The van der Waals surface area contributed by atoms with Crippen LogP contribution in [0, 0.1) is 16.7 Å². The molecule has 0 aromatic rings. The Hall–Kier alpha value is -1.08. The molecule has 5 heteroatoms. The fourth-order valence-corrected chi connectivity index (χ4v) is 2.23. The zero-order valence-electron chi connectivity index (χ0n) is 9.33. The molecular weight excluding hydrogens is 228 g/mol. The molecule has 4 nitrogen and oxygen atoms in total. The lowest BCUT2D eigenvalue weighted by atomic mass is 9.81. The molecule has 0 aromatic carbocycles. The second-order valence-corrected chi connectivity index (χ2v) is 4.39. The predicted molar refractivity (Wildman–Crippen MR) is 59.9 cm³/mol. The third kappa shape index (κ3) is 2.19. The van der Waals surface area contributed by atoms with Gasteiger partial charge in [-0.2, -0.15) is 5.26 Å². The first-order valence-corrected chi connectivity index (χ1v) is 5.89. The standard InChI is InChI=1S/C11H15ClN2O2/c1-9(15)11(8-13,4-5-12)10(16)14-6-2-3-7-14/h2-7H2,1H3. The molecule has 1 rings (SSSR count). The van der Waals surface area contributed by atoms with Crippen LogP contribution in [-0.2, 0) is 9.59 Å². The van der Waals surface area contributed by atoms with Gasteiger partial charge in [-0.1, -0.05) is 0 Å². The van der Waals surface area contributed by atoms with E-state index in [0.717, 1.165) is 12.8 Å². The topological polar surface area (TPSA) is 61.2 Å². The van der Waals surface area contributed by atoms with E-state index in [4.69, 9.17) is 16.9 Å². The molecule has 1 saturated heterocycles. The van der Waals surface area contributed by atoms with Crippen LogP contribution in [0.4, 0.5) is 0 Å². The molecule has 0 aliphatic carbocycles. The molecule has 1 amide bonds. The Balaban J connectivity index is 2.95. The van der Waals surface area contributed by atoms with Gasteiger partial charge in [0.25, 0.3) is 5.91 Å². The van der Waals surface area contributed by atoms with Crippen LogP contribution < -0.4 is 0 Å². The molecule has 16 heavy (non-hydrogen) atoms. The quantitative estimate of drug-likeness (QED) is 0.552. The summed E-state index contributed by atoms with van der Waals surface area (Å²) in [7, 11) is 0. The van der Waals surface area contributed by atoms with Gasteiger partial charge in [0, 0.05) is 19.0 Å². The molecule has 1 atom stereocenters. The van der Waals surface area contributed by atoms with Crippen molar-refractivity contribution in [3.05, 3.63) is 0 Å². The van der Waals surface area contributed by atoms with E-state index in [9.17, 15) is 9.59 Å². The highest BCUT2D eigenvalue weighted by atomic mass is 35.5. The smallest absolute Gasteiger partial charge is 0.250 e. The van der Waals surface area contributed by atoms with E-state index >= 15 is 0 Å². The van der Waals surface area contributed by atoms with Crippen LogP contribution in [0.15, 0.2) is 0 Å². The van der Waals surface area contributed by atoms with Crippen LogP contribution in [0.3, 0.4) is 0 Å². The van der Waals surface area contributed by atoms with E-state index in [2.05, 4.69) is 0 Å². The molecule has 1 aliphatic rings. The van der Waals surface area contributed by atoms with E-state index in [-0.39, 0.29) is 18.2 Å². The van der Waals surface area contributed by atoms with Gasteiger partial charge in [0.2, 0.25) is 0 Å². The Morgan fingerprint density at radius 3 is 2.38 bits per heavy atom. The predicted octanol–water partition coefficient (Wildman–Crippen LogP) is 1.34. The Morgan fingerprint density at radius 1 is 1.44 bits per heavy atom. The van der Waals surface area contributed by atoms with Crippen LogP contribution in [-0.4, -0.2) is 35.6 Å². The molecule has 1 aliphatic heterocycles. The summed E-state index contributed by atoms with van der Waals surface area (Å²) >= 11 is 5.59. The second kappa shape index (κ2) is 5.31. The lowest BCUT2D eigenvalue weighted by Gasteiger charge is -2.27. The molecule has 0 spiro atoms. The third-order valence-electron chi connectivity index (χ3n) is 3.02. The highest BCUT2D eigenvalue weighted by molar-refractivity contribution is 6.18. The van der Waals surface area contributed by atoms with Gasteiger partial charge in [-0.25, -0.2) is 0 Å². The van der Waals surface area contributed by atoms with Crippen molar-refractivity contribution in [2.45, 2.75) is 26.2 Å². The second-order valence-electron chi connectivity index (χ2n) is 4.01. The average molecular weight is 243 g/mol. The van der Waals surface area contributed by atoms with Gasteiger partial charge in [-0.15, -0.1) is 11.6 Å². The van der Waals surface area contributed by atoms with Crippen molar-refractivity contribution in [1.29, 1.82) is 5.26 Å². The zero-order chi connectivity index (χ0) is 12.2. The van der Waals surface area contributed by atoms with Crippen molar-refractivity contribution >= 4 is 23.3 Å². The maximum absolute atomic E-state index is 12.2. The monoisotopic (exact) mass is 242 g/mol. The molecule has 0 aromatic heterocycles. The van der Waals surface area contributed by atoms with Crippen molar-refractivity contribution in [2.75, 3.05) is 19.0 Å². The van der Waals surface area contributed by atoms with Crippen LogP contribution in [0.1, 0.15) is 26.2 Å². The molecule has 0 N–H and O–H groups in total. The number of carbonyl (C=O) groups excluding carboxylic acids is 2. The number of nitrogens with zero attached hydrogens (tertiary/aromatic N) is 2. The molecule has 88 valence electrons. The molecular formula is C11H15ClN2O2. The molecule has 1 heterocycles. The van der Waals surface area contributed by atoms with Crippen LogP contribution in [0.25, 0.3) is 0 Å². The average Bonchev–Trinajstić information content (AvgIpc) is 2.77. The minimum atomic E-state index is -1.56. The third-order valence-corrected chi connectivity index (χ3v) is 3.21. The number of likely N-dealkylation sites (tertiary alicyclic amines) is 1. The fourth-order valence-electron chi connectivity index (χ4n) is 1.95. The number of rotatable bonds is 4. The first kappa shape index (κ1) is 13.0. The van der Waals surface area contributed by atoms with Gasteiger partial charge in [0.1, 0.15) is 0 Å². The number of ketones is 1. The molecule has 1 unspecified atom stereocenters. The number of carbonyl (C=O) groups is 2. The van der Waals surface area contributed by atoms with E-state index < -0.39 is 11.2 Å². The van der Waals surface area contributed by atoms with Gasteiger partial charge in [0.05, 0.1) is 6.07 Å². The minimum absolute atomic E-state index is 0.0930. The summed E-state index contributed by atoms with van der Waals surface area (Å²) in [4.78, 5) is 25.3. The summed E-state index contributed by atoms with van der Waals surface area (Å²) in [6.07, 6.45) is 1.97. The van der Waals surface area contributed by atoms with Gasteiger partial charge >= 0.3 is 0 Å². The molecule has 0 radical (unpaired) electrons. The van der Waals surface area contributed by atoms with Crippen LogP contribution in [0.2, 0.25) is 0 Å². The Bertz CT molecular complexity index is 331. The van der Waals surface area contributed by atoms with Gasteiger partial charge in [-0.05, 0) is 26.2 Å². The summed E-state index contributed by atoms with van der Waals surface area (Å²) in [5, 5.41) is 9.13. The van der Waals surface area contributed by atoms with E-state index in [1.807, 2.05) is 6.07 Å². The maximum Gasteiger partial charge on any atom is 0.250 e. The summed E-state index contributed by atoms with van der Waals surface area (Å²) in [6.45, 7) is 2.55. The summed E-state index contributed by atoms with van der Waals surface area (Å²) in [5.74, 6) is -0.652.